The van der Waals surface area contributed by atoms with Crippen LogP contribution in [-0.4, -0.2) is 45.5 Å². The molecule has 0 amide bonds. The number of nitrogens with zero attached hydrogens (tertiary/aromatic N) is 2. The number of nitrogens with one attached hydrogen (secondary N) is 1. The summed E-state index contributed by atoms with van der Waals surface area (Å²) in [6.07, 6.45) is 1.87. The Morgan fingerprint density at radius 2 is 1.86 bits per heavy atom. The maximum atomic E-state index is 11.3. The summed E-state index contributed by atoms with van der Waals surface area (Å²) in [5.74, 6) is 1.48. The van der Waals surface area contributed by atoms with Gasteiger partial charge in [0.05, 0.1) is 4.90 Å². The highest BCUT2D eigenvalue weighted by atomic mass is 127. The predicted molar refractivity (Wildman–Crippen MR) is 128 cm³/mol. The minimum atomic E-state index is -3.64. The van der Waals surface area contributed by atoms with E-state index in [2.05, 4.69) is 47.5 Å². The van der Waals surface area contributed by atoms with Gasteiger partial charge >= 0.3 is 0 Å². The Kier molecular flexibility index (Phi) is 8.91. The van der Waals surface area contributed by atoms with Crippen LogP contribution in [0.1, 0.15) is 30.4 Å². The van der Waals surface area contributed by atoms with Crippen molar-refractivity contribution in [3.63, 3.8) is 0 Å². The molecular formula is C21H29IN4O2S. The summed E-state index contributed by atoms with van der Waals surface area (Å²) in [5.41, 5.74) is 2.42. The fourth-order valence-electron chi connectivity index (χ4n) is 3.51. The summed E-state index contributed by atoms with van der Waals surface area (Å²) in [5, 5.41) is 8.53. The van der Waals surface area contributed by atoms with Crippen LogP contribution >= 0.6 is 24.0 Å². The monoisotopic (exact) mass is 528 g/mol. The summed E-state index contributed by atoms with van der Waals surface area (Å²) in [6.45, 7) is 5.51. The summed E-state index contributed by atoms with van der Waals surface area (Å²) in [4.78, 5) is 7.24. The van der Waals surface area contributed by atoms with Crippen molar-refractivity contribution in [3.8, 4) is 0 Å². The molecular weight excluding hydrogens is 499 g/mol. The lowest BCUT2D eigenvalue weighted by atomic mass is 9.99. The van der Waals surface area contributed by atoms with Crippen LogP contribution in [0.4, 0.5) is 0 Å². The first kappa shape index (κ1) is 23.6. The zero-order chi connectivity index (χ0) is 20.0. The Balaban J connectivity index is 0.00000300. The van der Waals surface area contributed by atoms with Gasteiger partial charge in [0.2, 0.25) is 10.0 Å². The van der Waals surface area contributed by atoms with Gasteiger partial charge < -0.3 is 10.2 Å². The summed E-state index contributed by atoms with van der Waals surface area (Å²) in [6, 6.07) is 17.3. The van der Waals surface area contributed by atoms with Gasteiger partial charge in [0.25, 0.3) is 0 Å². The first-order valence-corrected chi connectivity index (χ1v) is 11.2. The van der Waals surface area contributed by atoms with Crippen LogP contribution in [0.2, 0.25) is 0 Å². The zero-order valence-electron chi connectivity index (χ0n) is 16.6. The van der Waals surface area contributed by atoms with Crippen LogP contribution < -0.4 is 10.5 Å². The molecule has 1 atom stereocenters. The van der Waals surface area contributed by atoms with E-state index in [0.29, 0.717) is 12.5 Å². The van der Waals surface area contributed by atoms with E-state index in [4.69, 9.17) is 10.1 Å². The van der Waals surface area contributed by atoms with E-state index in [-0.39, 0.29) is 28.9 Å². The maximum Gasteiger partial charge on any atom is 0.238 e. The van der Waals surface area contributed by atoms with Gasteiger partial charge in [-0.2, -0.15) is 0 Å². The molecule has 0 aromatic heterocycles. The van der Waals surface area contributed by atoms with E-state index in [1.54, 1.807) is 24.3 Å². The Hall–Kier alpha value is -1.65. The van der Waals surface area contributed by atoms with Crippen molar-refractivity contribution in [1.82, 2.24) is 10.2 Å². The van der Waals surface area contributed by atoms with Gasteiger partial charge in [0.15, 0.2) is 5.96 Å². The van der Waals surface area contributed by atoms with Crippen LogP contribution in [-0.2, 0) is 16.4 Å². The quantitative estimate of drug-likeness (QED) is 0.343. The maximum absolute atomic E-state index is 11.3. The van der Waals surface area contributed by atoms with Crippen LogP contribution in [0, 0.1) is 0 Å². The summed E-state index contributed by atoms with van der Waals surface area (Å²) in [7, 11) is -3.64. The number of guanidine groups is 1. The number of aliphatic imine (C=N–C) groups is 1. The fourth-order valence-corrected chi connectivity index (χ4v) is 4.03. The van der Waals surface area contributed by atoms with Gasteiger partial charge in [-0.3, -0.25) is 4.99 Å². The molecule has 6 nitrogen and oxygen atoms in total. The highest BCUT2D eigenvalue weighted by Crippen LogP contribution is 2.26. The number of hydrogen-bond donors (Lipinski definition) is 2. The molecule has 0 aliphatic carbocycles. The van der Waals surface area contributed by atoms with Crippen molar-refractivity contribution in [3.05, 3.63) is 65.7 Å². The van der Waals surface area contributed by atoms with Gasteiger partial charge in [0, 0.05) is 32.1 Å². The van der Waals surface area contributed by atoms with Gasteiger partial charge in [-0.25, -0.2) is 13.6 Å². The topological polar surface area (TPSA) is 87.8 Å². The number of halogens is 1. The molecule has 3 N–H and O–H groups in total. The Labute approximate surface area is 190 Å². The molecule has 2 aromatic rings. The number of rotatable bonds is 6. The fraction of sp³-hybridized carbons (Fsp3) is 0.381. The molecule has 0 bridgehead atoms. The molecule has 1 unspecified atom stereocenters. The summed E-state index contributed by atoms with van der Waals surface area (Å²) < 4.78 is 22.7. The second kappa shape index (κ2) is 10.9. The molecule has 2 aromatic carbocycles. The van der Waals surface area contributed by atoms with E-state index in [1.165, 1.54) is 5.56 Å². The Bertz CT molecular complexity index is 902. The standard InChI is InChI=1S/C21H28N4O2S.HI/c1-2-23-21(25-15-13-19(16-25)18-6-4-3-5-7-18)24-14-12-17-8-10-20(11-9-17)28(22,26)27;/h3-11,19H,2,12-16H2,1H3,(H,23,24)(H2,22,26,27);1H. The molecule has 8 heteroatoms. The number of primary sulfonamides is 1. The van der Waals surface area contributed by atoms with Crippen molar-refractivity contribution < 1.29 is 8.42 Å². The number of nitrogens with two attached hydrogens (primary N) is 1. The molecule has 1 heterocycles. The molecule has 1 aliphatic heterocycles. The highest BCUT2D eigenvalue weighted by Gasteiger charge is 2.25. The van der Waals surface area contributed by atoms with E-state index in [0.717, 1.165) is 44.0 Å². The average Bonchev–Trinajstić information content (AvgIpc) is 3.18. The minimum Gasteiger partial charge on any atom is -0.357 e. The predicted octanol–water partition coefficient (Wildman–Crippen LogP) is 2.95. The van der Waals surface area contributed by atoms with E-state index >= 15 is 0 Å². The van der Waals surface area contributed by atoms with Gasteiger partial charge in [-0.15, -0.1) is 24.0 Å². The first-order valence-electron chi connectivity index (χ1n) is 9.67. The lowest BCUT2D eigenvalue weighted by molar-refractivity contribution is 0.486. The van der Waals surface area contributed by atoms with Gasteiger partial charge in [0.1, 0.15) is 0 Å². The second-order valence-electron chi connectivity index (χ2n) is 7.02. The molecule has 0 saturated carbocycles. The summed E-state index contributed by atoms with van der Waals surface area (Å²) >= 11 is 0. The Morgan fingerprint density at radius 3 is 2.48 bits per heavy atom. The lowest BCUT2D eigenvalue weighted by Gasteiger charge is -2.21. The molecule has 3 rings (SSSR count). The van der Waals surface area contributed by atoms with Crippen molar-refractivity contribution in [2.24, 2.45) is 10.1 Å². The van der Waals surface area contributed by atoms with Crippen LogP contribution in [0.15, 0.2) is 64.5 Å². The third-order valence-corrected chi connectivity index (χ3v) is 5.94. The van der Waals surface area contributed by atoms with Crippen molar-refractivity contribution in [2.45, 2.75) is 30.6 Å². The number of likely N-dealkylation sites (tertiary alicyclic amines) is 1. The third-order valence-electron chi connectivity index (χ3n) is 5.01. The van der Waals surface area contributed by atoms with E-state index < -0.39 is 10.0 Å². The molecule has 29 heavy (non-hydrogen) atoms. The number of benzene rings is 2. The molecule has 158 valence electrons. The molecule has 0 radical (unpaired) electrons. The largest absolute Gasteiger partial charge is 0.357 e. The molecule has 1 aliphatic rings. The van der Waals surface area contributed by atoms with E-state index in [1.807, 2.05) is 0 Å². The molecule has 1 fully saturated rings. The van der Waals surface area contributed by atoms with Crippen molar-refractivity contribution in [1.29, 1.82) is 0 Å². The smallest absolute Gasteiger partial charge is 0.238 e. The minimum absolute atomic E-state index is 0. The molecule has 0 spiro atoms. The first-order chi connectivity index (χ1) is 13.5. The zero-order valence-corrected chi connectivity index (χ0v) is 19.8. The van der Waals surface area contributed by atoms with Gasteiger partial charge in [-0.1, -0.05) is 42.5 Å². The number of sulfonamides is 1. The SMILES string of the molecule is CCNC(=NCCc1ccc(S(N)(=O)=O)cc1)N1CCC(c2ccccc2)C1.I. The lowest BCUT2D eigenvalue weighted by Crippen LogP contribution is -2.40. The van der Waals surface area contributed by atoms with Gasteiger partial charge in [-0.05, 0) is 43.0 Å². The van der Waals surface area contributed by atoms with Crippen LogP contribution in [0.25, 0.3) is 0 Å². The third kappa shape index (κ3) is 6.68. The normalized spacial score (nSPS) is 17.1. The highest BCUT2D eigenvalue weighted by molar-refractivity contribution is 14.0. The number of hydrogen-bond acceptors (Lipinski definition) is 3. The second-order valence-corrected chi connectivity index (χ2v) is 8.58. The molecule has 1 saturated heterocycles. The Morgan fingerprint density at radius 1 is 1.17 bits per heavy atom. The van der Waals surface area contributed by atoms with Crippen molar-refractivity contribution in [2.75, 3.05) is 26.2 Å². The van der Waals surface area contributed by atoms with E-state index in [9.17, 15) is 8.42 Å². The van der Waals surface area contributed by atoms with Crippen LogP contribution in [0.3, 0.4) is 0 Å². The van der Waals surface area contributed by atoms with Crippen LogP contribution in [0.5, 0.6) is 0 Å². The average molecular weight is 528 g/mol. The van der Waals surface area contributed by atoms with Crippen molar-refractivity contribution >= 4 is 40.0 Å².